The van der Waals surface area contributed by atoms with E-state index in [9.17, 15) is 9.59 Å². The molecular weight excluding hydrogens is 366 g/mol. The molecule has 2 heterocycles. The molecule has 8 heteroatoms. The fourth-order valence-electron chi connectivity index (χ4n) is 3.15. The smallest absolute Gasteiger partial charge is 0.338 e. The van der Waals surface area contributed by atoms with Crippen molar-refractivity contribution in [2.45, 2.75) is 18.8 Å². The number of hydrogen-bond acceptors (Lipinski definition) is 6. The van der Waals surface area contributed by atoms with Crippen LogP contribution in [0.4, 0.5) is 0 Å². The van der Waals surface area contributed by atoms with Gasteiger partial charge in [-0.1, -0.05) is 12.1 Å². The Balaban J connectivity index is 2.17. The molecule has 1 fully saturated rings. The van der Waals surface area contributed by atoms with Crippen molar-refractivity contribution < 1.29 is 14.3 Å². The molecule has 1 aromatic carbocycles. The van der Waals surface area contributed by atoms with Crippen LogP contribution < -0.4 is 10.3 Å². The summed E-state index contributed by atoms with van der Waals surface area (Å²) in [6.45, 7) is 0. The second-order valence-electron chi connectivity index (χ2n) is 6.33. The summed E-state index contributed by atoms with van der Waals surface area (Å²) in [6.07, 6.45) is 2.00. The summed E-state index contributed by atoms with van der Waals surface area (Å²) in [4.78, 5) is 32.4. The first kappa shape index (κ1) is 17.4. The number of methoxy groups -OCH3 is 2. The van der Waals surface area contributed by atoms with Gasteiger partial charge in [-0.3, -0.25) is 14.3 Å². The van der Waals surface area contributed by atoms with Gasteiger partial charge in [-0.05, 0) is 43.3 Å². The van der Waals surface area contributed by atoms with Crippen LogP contribution in [0, 0.1) is 4.77 Å². The fraction of sp³-hybridized carbons (Fsp3) is 0.263. The molecule has 0 saturated heterocycles. The summed E-state index contributed by atoms with van der Waals surface area (Å²) in [7, 11) is 2.84. The minimum atomic E-state index is -0.585. The van der Waals surface area contributed by atoms with Crippen LogP contribution >= 0.6 is 12.2 Å². The van der Waals surface area contributed by atoms with Crippen molar-refractivity contribution in [3.05, 3.63) is 56.7 Å². The lowest BCUT2D eigenvalue weighted by Gasteiger charge is -2.15. The van der Waals surface area contributed by atoms with Crippen molar-refractivity contribution in [1.82, 2.24) is 14.5 Å². The molecule has 1 aliphatic rings. The maximum absolute atomic E-state index is 12.7. The van der Waals surface area contributed by atoms with Gasteiger partial charge in [0.05, 0.1) is 30.9 Å². The van der Waals surface area contributed by atoms with E-state index in [1.165, 1.54) is 7.11 Å². The Bertz CT molecular complexity index is 1180. The molecular formula is C19H17N3O4S. The van der Waals surface area contributed by atoms with Crippen molar-refractivity contribution in [2.75, 3.05) is 14.2 Å². The predicted molar refractivity (Wildman–Crippen MR) is 102 cm³/mol. The van der Waals surface area contributed by atoms with Crippen molar-refractivity contribution in [3.63, 3.8) is 0 Å². The van der Waals surface area contributed by atoms with Gasteiger partial charge in [0.25, 0.3) is 5.56 Å². The lowest BCUT2D eigenvalue weighted by molar-refractivity contribution is 0.0602. The number of aromatic amines is 1. The van der Waals surface area contributed by atoms with E-state index in [0.29, 0.717) is 17.1 Å². The molecule has 0 radical (unpaired) electrons. The molecule has 3 aromatic rings. The largest absolute Gasteiger partial charge is 0.495 e. The van der Waals surface area contributed by atoms with Crippen molar-refractivity contribution in [3.8, 4) is 11.4 Å². The number of carbonyl (C=O) groups is 1. The maximum atomic E-state index is 12.7. The number of esters is 1. The number of fused-ring (bicyclic) bond motifs is 1. The number of nitrogens with zero attached hydrogens (tertiary/aromatic N) is 2. The molecule has 2 aromatic heterocycles. The van der Waals surface area contributed by atoms with E-state index < -0.39 is 11.5 Å². The molecule has 0 unspecified atom stereocenters. The third kappa shape index (κ3) is 2.91. The van der Waals surface area contributed by atoms with Gasteiger partial charge in [0.2, 0.25) is 0 Å². The molecule has 7 nitrogen and oxygen atoms in total. The Kier molecular flexibility index (Phi) is 4.27. The highest BCUT2D eigenvalue weighted by molar-refractivity contribution is 7.71. The highest BCUT2D eigenvalue weighted by Crippen LogP contribution is 2.40. The van der Waals surface area contributed by atoms with Gasteiger partial charge in [-0.2, -0.15) is 0 Å². The molecule has 27 heavy (non-hydrogen) atoms. The summed E-state index contributed by atoms with van der Waals surface area (Å²) >= 11 is 5.41. The zero-order valence-corrected chi connectivity index (χ0v) is 15.6. The average molecular weight is 383 g/mol. The number of nitrogens with one attached hydrogen (secondary N) is 1. The quantitative estimate of drug-likeness (QED) is 0.550. The van der Waals surface area contributed by atoms with Crippen LogP contribution in [-0.4, -0.2) is 34.7 Å². The van der Waals surface area contributed by atoms with Crippen LogP contribution in [0.3, 0.4) is 0 Å². The minimum absolute atomic E-state index is 0.144. The standard InChI is InChI=1S/C19H17N3O4S/c1-25-14-6-4-3-5-13(14)22-16-15(17(23)21-19(22)27)11(18(24)26-2)9-12(20-16)10-7-8-10/h3-6,9-10H,7-8H2,1-2H3,(H,21,23,27). The van der Waals surface area contributed by atoms with Gasteiger partial charge in [-0.15, -0.1) is 0 Å². The van der Waals surface area contributed by atoms with Gasteiger partial charge in [0.1, 0.15) is 5.75 Å². The van der Waals surface area contributed by atoms with E-state index in [-0.39, 0.29) is 21.6 Å². The summed E-state index contributed by atoms with van der Waals surface area (Å²) in [5, 5.41) is 0.144. The zero-order valence-electron chi connectivity index (χ0n) is 14.8. The van der Waals surface area contributed by atoms with Crippen molar-refractivity contribution in [1.29, 1.82) is 0 Å². The van der Waals surface area contributed by atoms with Crippen LogP contribution in [-0.2, 0) is 4.74 Å². The number of ether oxygens (including phenoxy) is 2. The van der Waals surface area contributed by atoms with Gasteiger partial charge >= 0.3 is 5.97 Å². The van der Waals surface area contributed by atoms with E-state index in [0.717, 1.165) is 18.5 Å². The number of aromatic nitrogens is 3. The third-order valence-electron chi connectivity index (χ3n) is 4.61. The fourth-order valence-corrected chi connectivity index (χ4v) is 3.42. The predicted octanol–water partition coefficient (Wildman–Crippen LogP) is 3.12. The number of benzene rings is 1. The molecule has 0 amide bonds. The number of rotatable bonds is 4. The van der Waals surface area contributed by atoms with Crippen molar-refractivity contribution in [2.24, 2.45) is 0 Å². The van der Waals surface area contributed by atoms with Gasteiger partial charge in [0.15, 0.2) is 10.4 Å². The molecule has 0 spiro atoms. The summed E-state index contributed by atoms with van der Waals surface area (Å²) in [5.74, 6) is 0.260. The first-order valence-electron chi connectivity index (χ1n) is 8.47. The molecule has 138 valence electrons. The van der Waals surface area contributed by atoms with Crippen LogP contribution in [0.2, 0.25) is 0 Å². The maximum Gasteiger partial charge on any atom is 0.338 e. The highest BCUT2D eigenvalue weighted by atomic mass is 32.1. The van der Waals surface area contributed by atoms with E-state index >= 15 is 0 Å². The van der Waals surface area contributed by atoms with Crippen LogP contribution in [0.25, 0.3) is 16.7 Å². The summed E-state index contributed by atoms with van der Waals surface area (Å²) in [5.41, 5.74) is 1.41. The Morgan fingerprint density at radius 2 is 2.04 bits per heavy atom. The highest BCUT2D eigenvalue weighted by Gasteiger charge is 2.29. The first-order valence-corrected chi connectivity index (χ1v) is 8.87. The topological polar surface area (TPSA) is 86.2 Å². The Morgan fingerprint density at radius 1 is 1.30 bits per heavy atom. The Labute approximate surface area is 159 Å². The number of para-hydroxylation sites is 2. The lowest BCUT2D eigenvalue weighted by Crippen LogP contribution is -2.19. The molecule has 1 aliphatic carbocycles. The average Bonchev–Trinajstić information content (AvgIpc) is 3.52. The normalized spacial score (nSPS) is 13.6. The number of hydrogen-bond donors (Lipinski definition) is 1. The molecule has 0 atom stereocenters. The molecule has 4 rings (SSSR count). The summed E-state index contributed by atoms with van der Waals surface area (Å²) < 4.78 is 12.1. The monoisotopic (exact) mass is 383 g/mol. The molecule has 1 N–H and O–H groups in total. The second-order valence-corrected chi connectivity index (χ2v) is 6.71. The van der Waals surface area contributed by atoms with E-state index in [1.807, 2.05) is 18.2 Å². The molecule has 1 saturated carbocycles. The first-order chi connectivity index (χ1) is 13.0. The Hall–Kier alpha value is -3.00. The van der Waals surface area contributed by atoms with E-state index in [2.05, 4.69) is 4.98 Å². The second kappa shape index (κ2) is 6.62. The number of carbonyl (C=O) groups excluding carboxylic acids is 1. The lowest BCUT2D eigenvalue weighted by atomic mass is 10.1. The van der Waals surface area contributed by atoms with Crippen LogP contribution in [0.1, 0.15) is 34.8 Å². The van der Waals surface area contributed by atoms with Gasteiger partial charge in [-0.25, -0.2) is 9.78 Å². The summed E-state index contributed by atoms with van der Waals surface area (Å²) in [6, 6.07) is 8.93. The third-order valence-corrected chi connectivity index (χ3v) is 4.89. The van der Waals surface area contributed by atoms with Crippen LogP contribution in [0.15, 0.2) is 35.1 Å². The SMILES string of the molecule is COC(=O)c1cc(C2CC2)nc2c1c(=O)[nH]c(=S)n2-c1ccccc1OC. The van der Waals surface area contributed by atoms with Crippen LogP contribution in [0.5, 0.6) is 5.75 Å². The minimum Gasteiger partial charge on any atom is -0.495 e. The molecule has 0 bridgehead atoms. The Morgan fingerprint density at radius 3 is 2.70 bits per heavy atom. The van der Waals surface area contributed by atoms with Crippen molar-refractivity contribution >= 4 is 29.2 Å². The van der Waals surface area contributed by atoms with E-state index in [1.54, 1.807) is 23.8 Å². The van der Waals surface area contributed by atoms with Gasteiger partial charge < -0.3 is 9.47 Å². The number of H-pyrrole nitrogens is 1. The zero-order chi connectivity index (χ0) is 19.1. The van der Waals surface area contributed by atoms with E-state index in [4.69, 9.17) is 26.7 Å². The number of pyridine rings is 1. The molecule has 0 aliphatic heterocycles. The van der Waals surface area contributed by atoms with Gasteiger partial charge in [0, 0.05) is 11.6 Å².